The van der Waals surface area contributed by atoms with E-state index in [1.165, 1.54) is 51.9 Å². The number of rotatable bonds is 6. The summed E-state index contributed by atoms with van der Waals surface area (Å²) < 4.78 is 9.65. The van der Waals surface area contributed by atoms with Crippen molar-refractivity contribution in [1.82, 2.24) is 0 Å². The molecule has 7 heteroatoms. The number of benzene rings is 1. The third-order valence-corrected chi connectivity index (χ3v) is 4.41. The van der Waals surface area contributed by atoms with Crippen molar-refractivity contribution in [2.75, 3.05) is 20.8 Å². The molecule has 0 spiro atoms. The van der Waals surface area contributed by atoms with Crippen LogP contribution in [-0.4, -0.2) is 48.9 Å². The summed E-state index contributed by atoms with van der Waals surface area (Å²) in [4.78, 5) is 32.7. The minimum absolute atomic E-state index is 0.0376. The number of hydrogen-bond acceptors (Lipinski definition) is 5. The van der Waals surface area contributed by atoms with Crippen LogP contribution >= 0.6 is 0 Å². The Morgan fingerprint density at radius 2 is 1.58 bits per heavy atom. The maximum absolute atomic E-state index is 12.4. The van der Waals surface area contributed by atoms with Crippen molar-refractivity contribution in [1.29, 1.82) is 0 Å². The van der Waals surface area contributed by atoms with Gasteiger partial charge in [0.1, 0.15) is 5.92 Å². The maximum Gasteiger partial charge on any atom is 0.503 e. The number of ether oxygens (including phenoxy) is 2. The molecule has 2 N–H and O–H groups in total. The molecular formula is C19H26O7. The van der Waals surface area contributed by atoms with E-state index >= 15 is 0 Å². The summed E-state index contributed by atoms with van der Waals surface area (Å²) >= 11 is 0. The van der Waals surface area contributed by atoms with Crippen molar-refractivity contribution >= 4 is 17.9 Å². The SMILES string of the molecule is COCC(C(=O)OC)C(=O)c1ccc(C2CCCCC2)cc1.O=C(O)O. The van der Waals surface area contributed by atoms with Gasteiger partial charge in [0.2, 0.25) is 0 Å². The highest BCUT2D eigenvalue weighted by molar-refractivity contribution is 6.08. The summed E-state index contributed by atoms with van der Waals surface area (Å²) in [7, 11) is 2.75. The van der Waals surface area contributed by atoms with Crippen molar-refractivity contribution < 1.29 is 34.1 Å². The van der Waals surface area contributed by atoms with E-state index in [9.17, 15) is 9.59 Å². The van der Waals surface area contributed by atoms with Crippen LogP contribution in [0, 0.1) is 5.92 Å². The van der Waals surface area contributed by atoms with E-state index in [-0.39, 0.29) is 12.4 Å². The lowest BCUT2D eigenvalue weighted by Crippen LogP contribution is -2.29. The Balaban J connectivity index is 0.000000765. The first kappa shape index (κ1) is 21.6. The predicted molar refractivity (Wildman–Crippen MR) is 94.6 cm³/mol. The monoisotopic (exact) mass is 366 g/mol. The Bertz CT molecular complexity index is 584. The number of ketones is 1. The summed E-state index contributed by atoms with van der Waals surface area (Å²) in [5, 5.41) is 13.9. The fraction of sp³-hybridized carbons (Fsp3) is 0.526. The molecule has 0 aliphatic heterocycles. The third-order valence-electron chi connectivity index (χ3n) is 4.41. The van der Waals surface area contributed by atoms with Gasteiger partial charge in [-0.1, -0.05) is 43.5 Å². The van der Waals surface area contributed by atoms with E-state index in [0.29, 0.717) is 11.5 Å². The molecule has 1 saturated carbocycles. The molecule has 1 aromatic carbocycles. The second-order valence-corrected chi connectivity index (χ2v) is 6.13. The molecule has 0 bridgehead atoms. The summed E-state index contributed by atoms with van der Waals surface area (Å²) in [6, 6.07) is 7.67. The molecule has 0 heterocycles. The van der Waals surface area contributed by atoms with E-state index < -0.39 is 18.0 Å². The van der Waals surface area contributed by atoms with Crippen LogP contribution in [0.25, 0.3) is 0 Å². The smallest absolute Gasteiger partial charge is 0.468 e. The number of methoxy groups -OCH3 is 2. The maximum atomic E-state index is 12.4. The molecule has 0 amide bonds. The minimum Gasteiger partial charge on any atom is -0.468 e. The minimum atomic E-state index is -1.83. The fourth-order valence-electron chi connectivity index (χ4n) is 3.12. The van der Waals surface area contributed by atoms with Gasteiger partial charge < -0.3 is 19.7 Å². The molecule has 0 saturated heterocycles. The number of Topliss-reactive ketones (excluding diaryl/α,β-unsaturated/α-hetero) is 1. The Hall–Kier alpha value is -2.41. The zero-order valence-corrected chi connectivity index (χ0v) is 15.1. The van der Waals surface area contributed by atoms with Gasteiger partial charge in [0.25, 0.3) is 0 Å². The number of carbonyl (C=O) groups excluding carboxylic acids is 2. The summed E-state index contributed by atoms with van der Waals surface area (Å²) in [6.07, 6.45) is 4.50. The summed E-state index contributed by atoms with van der Waals surface area (Å²) in [5.41, 5.74) is 1.82. The molecule has 0 radical (unpaired) electrons. The van der Waals surface area contributed by atoms with Crippen molar-refractivity contribution in [2.24, 2.45) is 5.92 Å². The van der Waals surface area contributed by atoms with E-state index in [0.717, 1.165) is 0 Å². The van der Waals surface area contributed by atoms with Crippen molar-refractivity contribution in [3.05, 3.63) is 35.4 Å². The Kier molecular flexibility index (Phi) is 9.36. The molecule has 2 rings (SSSR count). The molecule has 144 valence electrons. The average molecular weight is 366 g/mol. The largest absolute Gasteiger partial charge is 0.503 e. The van der Waals surface area contributed by atoms with Gasteiger partial charge in [-0.3, -0.25) is 9.59 Å². The third kappa shape index (κ3) is 6.84. The molecule has 1 fully saturated rings. The zero-order chi connectivity index (χ0) is 19.5. The molecule has 26 heavy (non-hydrogen) atoms. The molecule has 1 aromatic rings. The fourth-order valence-corrected chi connectivity index (χ4v) is 3.12. The second kappa shape index (κ2) is 11.3. The van der Waals surface area contributed by atoms with Gasteiger partial charge in [-0.15, -0.1) is 0 Å². The Labute approximate surface area is 152 Å². The van der Waals surface area contributed by atoms with Crippen LogP contribution < -0.4 is 0 Å². The van der Waals surface area contributed by atoms with Gasteiger partial charge >= 0.3 is 12.1 Å². The molecule has 1 aliphatic rings. The predicted octanol–water partition coefficient (Wildman–Crippen LogP) is 3.58. The topological polar surface area (TPSA) is 110 Å². The van der Waals surface area contributed by atoms with Crippen molar-refractivity contribution in [2.45, 2.75) is 38.0 Å². The number of carbonyl (C=O) groups is 3. The van der Waals surface area contributed by atoms with Crippen LogP contribution in [0.5, 0.6) is 0 Å². The van der Waals surface area contributed by atoms with Gasteiger partial charge in [0.05, 0.1) is 13.7 Å². The van der Waals surface area contributed by atoms with Crippen LogP contribution in [0.2, 0.25) is 0 Å². The second-order valence-electron chi connectivity index (χ2n) is 6.13. The van der Waals surface area contributed by atoms with E-state index in [1.54, 1.807) is 0 Å². The van der Waals surface area contributed by atoms with Gasteiger partial charge in [0.15, 0.2) is 5.78 Å². The van der Waals surface area contributed by atoms with E-state index in [2.05, 4.69) is 4.74 Å². The highest BCUT2D eigenvalue weighted by Gasteiger charge is 2.28. The molecular weight excluding hydrogens is 340 g/mol. The highest BCUT2D eigenvalue weighted by Crippen LogP contribution is 2.32. The van der Waals surface area contributed by atoms with Gasteiger partial charge in [-0.2, -0.15) is 0 Å². The van der Waals surface area contributed by atoms with Crippen LogP contribution in [0.3, 0.4) is 0 Å². The van der Waals surface area contributed by atoms with Gasteiger partial charge in [-0.25, -0.2) is 4.79 Å². The molecule has 7 nitrogen and oxygen atoms in total. The van der Waals surface area contributed by atoms with Crippen molar-refractivity contribution in [3.63, 3.8) is 0 Å². The summed E-state index contributed by atoms with van der Waals surface area (Å²) in [6.45, 7) is 0.0376. The van der Waals surface area contributed by atoms with Gasteiger partial charge in [0, 0.05) is 12.7 Å². The standard InChI is InChI=1S/C18H24O4.CH2O3/c1-21-12-16(18(20)22-2)17(19)15-10-8-14(9-11-15)13-6-4-3-5-7-13;2-1(3)4/h8-11,13,16H,3-7,12H2,1-2H3;(H2,2,3,4). The molecule has 1 atom stereocenters. The first-order chi connectivity index (χ1) is 12.4. The number of esters is 1. The van der Waals surface area contributed by atoms with Crippen LogP contribution in [-0.2, 0) is 14.3 Å². The normalized spacial score (nSPS) is 15.3. The lowest BCUT2D eigenvalue weighted by molar-refractivity contribution is -0.145. The van der Waals surface area contributed by atoms with Crippen molar-refractivity contribution in [3.8, 4) is 0 Å². The van der Waals surface area contributed by atoms with E-state index in [4.69, 9.17) is 19.7 Å². The lowest BCUT2D eigenvalue weighted by atomic mass is 9.83. The van der Waals surface area contributed by atoms with Crippen LogP contribution in [0.4, 0.5) is 4.79 Å². The molecule has 1 aliphatic carbocycles. The average Bonchev–Trinajstić information content (AvgIpc) is 2.65. The highest BCUT2D eigenvalue weighted by atomic mass is 16.6. The van der Waals surface area contributed by atoms with Gasteiger partial charge in [-0.05, 0) is 24.3 Å². The lowest BCUT2D eigenvalue weighted by Gasteiger charge is -2.22. The zero-order valence-electron chi connectivity index (χ0n) is 15.1. The number of hydrogen-bond donors (Lipinski definition) is 2. The Morgan fingerprint density at radius 3 is 2.04 bits per heavy atom. The van der Waals surface area contributed by atoms with Crippen LogP contribution in [0.1, 0.15) is 53.9 Å². The number of carboxylic acid groups (broad SMARTS) is 2. The Morgan fingerprint density at radius 1 is 1.04 bits per heavy atom. The first-order valence-corrected chi connectivity index (χ1v) is 8.53. The summed E-state index contributed by atoms with van der Waals surface area (Å²) in [5.74, 6) is -1.09. The first-order valence-electron chi connectivity index (χ1n) is 8.53. The van der Waals surface area contributed by atoms with Crippen LogP contribution in [0.15, 0.2) is 24.3 Å². The molecule has 0 aromatic heterocycles. The van der Waals surface area contributed by atoms with E-state index in [1.807, 2.05) is 24.3 Å². The quantitative estimate of drug-likeness (QED) is 0.450. The molecule has 1 unspecified atom stereocenters.